The number of benzene rings is 1. The Balaban J connectivity index is 3.14. The summed E-state index contributed by atoms with van der Waals surface area (Å²) < 4.78 is 31.1. The molecule has 1 rings (SSSR count). The zero-order valence-corrected chi connectivity index (χ0v) is 12.4. The number of ether oxygens (including phenoxy) is 1. The highest BCUT2D eigenvalue weighted by atomic mass is 19.2. The number of carboxylic acids is 1. The Hall–Kier alpha value is -2.06. The molecule has 1 amide bonds. The molecule has 1 aromatic rings. The van der Waals surface area contributed by atoms with Gasteiger partial charge in [0.2, 0.25) is 11.6 Å². The molecule has 0 fully saturated rings. The maximum Gasteiger partial charge on any atom is 0.357 e. The lowest BCUT2D eigenvalue weighted by molar-refractivity contribution is -0.170. The molecule has 0 heterocycles. The number of carboxylic acid groups (broad SMARTS) is 1. The number of hydrogen-bond acceptors (Lipinski definition) is 4. The van der Waals surface area contributed by atoms with Gasteiger partial charge in [0.1, 0.15) is 0 Å². The van der Waals surface area contributed by atoms with Gasteiger partial charge in [0.05, 0.1) is 5.54 Å². The number of nitrogens with one attached hydrogen (secondary N) is 1. The zero-order valence-electron chi connectivity index (χ0n) is 12.4. The number of amides is 1. The minimum absolute atomic E-state index is 0.137. The van der Waals surface area contributed by atoms with Crippen LogP contribution in [0.3, 0.4) is 0 Å². The molecular formula is C14H18F2N2O4. The molecule has 8 heteroatoms. The number of halogens is 2. The third kappa shape index (κ3) is 3.99. The van der Waals surface area contributed by atoms with E-state index in [1.807, 2.05) is 0 Å². The van der Waals surface area contributed by atoms with Crippen LogP contribution in [0.15, 0.2) is 18.2 Å². The van der Waals surface area contributed by atoms with Crippen molar-refractivity contribution in [1.82, 2.24) is 5.32 Å². The van der Waals surface area contributed by atoms with E-state index in [4.69, 9.17) is 10.5 Å². The first-order valence-electron chi connectivity index (χ1n) is 6.36. The van der Waals surface area contributed by atoms with E-state index in [-0.39, 0.29) is 5.56 Å². The van der Waals surface area contributed by atoms with Crippen molar-refractivity contribution in [2.75, 3.05) is 7.11 Å². The Bertz CT molecular complexity index is 587. The maximum absolute atomic E-state index is 13.2. The second-order valence-electron chi connectivity index (χ2n) is 5.44. The van der Waals surface area contributed by atoms with E-state index >= 15 is 0 Å². The first-order chi connectivity index (χ1) is 10.0. The van der Waals surface area contributed by atoms with E-state index in [1.54, 1.807) is 0 Å². The second-order valence-corrected chi connectivity index (χ2v) is 5.44. The number of carbonyl (C=O) groups excluding carboxylic acids is 1. The summed E-state index contributed by atoms with van der Waals surface area (Å²) in [6.07, 6.45) is -0.405. The Morgan fingerprint density at radius 1 is 1.32 bits per heavy atom. The summed E-state index contributed by atoms with van der Waals surface area (Å²) >= 11 is 0. The Morgan fingerprint density at radius 3 is 2.32 bits per heavy atom. The topological polar surface area (TPSA) is 102 Å². The standard InChI is InChI=1S/C14H18F2N2O4/c1-13(2,17)11(19)18-14(22-3,12(20)21)7-8-4-5-9(15)10(16)6-8/h4-6H,7,17H2,1-3H3,(H,18,19)(H,20,21)/t14-/m1/s1. The lowest BCUT2D eigenvalue weighted by atomic mass is 9.99. The predicted molar refractivity (Wildman–Crippen MR) is 73.8 cm³/mol. The fourth-order valence-corrected chi connectivity index (χ4v) is 1.67. The van der Waals surface area contributed by atoms with Gasteiger partial charge in [0.25, 0.3) is 0 Å². The molecule has 0 spiro atoms. The molecule has 4 N–H and O–H groups in total. The number of methoxy groups -OCH3 is 1. The lowest BCUT2D eigenvalue weighted by Gasteiger charge is -2.32. The number of carbonyl (C=O) groups is 2. The minimum Gasteiger partial charge on any atom is -0.478 e. The molecular weight excluding hydrogens is 298 g/mol. The first kappa shape index (κ1) is 18.0. The van der Waals surface area contributed by atoms with Crippen molar-refractivity contribution in [3.63, 3.8) is 0 Å². The highest BCUT2D eigenvalue weighted by molar-refractivity contribution is 5.90. The number of nitrogens with two attached hydrogens (primary N) is 1. The van der Waals surface area contributed by atoms with Crippen LogP contribution >= 0.6 is 0 Å². The monoisotopic (exact) mass is 316 g/mol. The van der Waals surface area contributed by atoms with Crippen LogP contribution in [0.25, 0.3) is 0 Å². The summed E-state index contributed by atoms with van der Waals surface area (Å²) in [6.45, 7) is 2.78. The predicted octanol–water partition coefficient (Wildman–Crippen LogP) is 0.788. The largest absolute Gasteiger partial charge is 0.478 e. The number of aliphatic carboxylic acids is 1. The van der Waals surface area contributed by atoms with Gasteiger partial charge in [-0.2, -0.15) is 0 Å². The van der Waals surface area contributed by atoms with Crippen LogP contribution < -0.4 is 11.1 Å². The van der Waals surface area contributed by atoms with E-state index in [1.165, 1.54) is 19.9 Å². The Labute approximate surface area is 126 Å². The summed E-state index contributed by atoms with van der Waals surface area (Å²) in [5, 5.41) is 11.6. The Morgan fingerprint density at radius 2 is 1.91 bits per heavy atom. The molecule has 0 aliphatic carbocycles. The van der Waals surface area contributed by atoms with Crippen molar-refractivity contribution in [3.05, 3.63) is 35.4 Å². The van der Waals surface area contributed by atoms with Gasteiger partial charge >= 0.3 is 5.97 Å². The maximum atomic E-state index is 13.2. The Kier molecular flexibility index (Phi) is 5.21. The third-order valence-electron chi connectivity index (χ3n) is 3.03. The van der Waals surface area contributed by atoms with Crippen molar-refractivity contribution >= 4 is 11.9 Å². The molecule has 6 nitrogen and oxygen atoms in total. The minimum atomic E-state index is -2.14. The zero-order chi connectivity index (χ0) is 17.1. The summed E-state index contributed by atoms with van der Waals surface area (Å²) in [5.74, 6) is -4.44. The normalized spacial score (nSPS) is 14.3. The summed E-state index contributed by atoms with van der Waals surface area (Å²) in [4.78, 5) is 23.5. The van der Waals surface area contributed by atoms with Crippen molar-refractivity contribution in [3.8, 4) is 0 Å². The summed E-state index contributed by atoms with van der Waals surface area (Å²) in [5.41, 5.74) is 2.26. The van der Waals surface area contributed by atoms with E-state index in [9.17, 15) is 23.5 Å². The molecule has 0 aliphatic rings. The average Bonchev–Trinajstić information content (AvgIpc) is 2.40. The van der Waals surface area contributed by atoms with Gasteiger partial charge in [-0.1, -0.05) is 6.07 Å². The summed E-state index contributed by atoms with van der Waals surface area (Å²) in [6, 6.07) is 2.91. The van der Waals surface area contributed by atoms with Gasteiger partial charge in [-0.05, 0) is 31.5 Å². The third-order valence-corrected chi connectivity index (χ3v) is 3.03. The lowest BCUT2D eigenvalue weighted by Crippen LogP contribution is -2.63. The van der Waals surface area contributed by atoms with Crippen molar-refractivity contribution in [2.45, 2.75) is 31.5 Å². The fourth-order valence-electron chi connectivity index (χ4n) is 1.67. The molecule has 0 bridgehead atoms. The van der Waals surface area contributed by atoms with Crippen LogP contribution in [0.1, 0.15) is 19.4 Å². The van der Waals surface area contributed by atoms with Gasteiger partial charge in [-0.15, -0.1) is 0 Å². The molecule has 0 aromatic heterocycles. The van der Waals surface area contributed by atoms with E-state index < -0.39 is 41.2 Å². The van der Waals surface area contributed by atoms with Crippen LogP contribution in [0.4, 0.5) is 8.78 Å². The SMILES string of the molecule is CO[C@@](Cc1ccc(F)c(F)c1)(NC(=O)C(C)(C)N)C(=O)O. The van der Waals surface area contributed by atoms with Gasteiger partial charge in [-0.3, -0.25) is 4.79 Å². The molecule has 0 unspecified atom stereocenters. The fraction of sp³-hybridized carbons (Fsp3) is 0.429. The van der Waals surface area contributed by atoms with Gasteiger partial charge in [-0.25, -0.2) is 13.6 Å². The highest BCUT2D eigenvalue weighted by Crippen LogP contribution is 2.18. The quantitative estimate of drug-likeness (QED) is 0.674. The molecule has 0 radical (unpaired) electrons. The van der Waals surface area contributed by atoms with Gasteiger partial charge in [0, 0.05) is 13.5 Å². The number of rotatable bonds is 6. The molecule has 0 saturated carbocycles. The van der Waals surface area contributed by atoms with Crippen LogP contribution in [0, 0.1) is 11.6 Å². The van der Waals surface area contributed by atoms with E-state index in [0.717, 1.165) is 19.2 Å². The number of hydrogen-bond donors (Lipinski definition) is 3. The van der Waals surface area contributed by atoms with Crippen molar-refractivity contribution in [2.24, 2.45) is 5.73 Å². The van der Waals surface area contributed by atoms with Crippen LogP contribution in [-0.2, 0) is 20.7 Å². The summed E-state index contributed by atoms with van der Waals surface area (Å²) in [7, 11) is 1.08. The molecule has 0 saturated heterocycles. The van der Waals surface area contributed by atoms with Crippen LogP contribution in [-0.4, -0.2) is 35.4 Å². The highest BCUT2D eigenvalue weighted by Gasteiger charge is 2.43. The van der Waals surface area contributed by atoms with Crippen molar-refractivity contribution in [1.29, 1.82) is 0 Å². The van der Waals surface area contributed by atoms with Crippen LogP contribution in [0.5, 0.6) is 0 Å². The first-order valence-corrected chi connectivity index (χ1v) is 6.36. The smallest absolute Gasteiger partial charge is 0.357 e. The molecule has 122 valence electrons. The molecule has 1 aromatic carbocycles. The average molecular weight is 316 g/mol. The van der Waals surface area contributed by atoms with Crippen LogP contribution in [0.2, 0.25) is 0 Å². The molecule has 22 heavy (non-hydrogen) atoms. The van der Waals surface area contributed by atoms with Crippen molar-refractivity contribution < 1.29 is 28.2 Å². The molecule has 0 aliphatic heterocycles. The van der Waals surface area contributed by atoms with E-state index in [0.29, 0.717) is 0 Å². The van der Waals surface area contributed by atoms with Gasteiger partial charge in [0.15, 0.2) is 11.6 Å². The molecule has 1 atom stereocenters. The van der Waals surface area contributed by atoms with E-state index in [2.05, 4.69) is 5.32 Å². The second kappa shape index (κ2) is 6.37. The van der Waals surface area contributed by atoms with Gasteiger partial charge < -0.3 is 20.9 Å².